The van der Waals surface area contributed by atoms with Crippen molar-refractivity contribution >= 4 is 5.91 Å². The maximum atomic E-state index is 11.8. The van der Waals surface area contributed by atoms with Gasteiger partial charge in [-0.3, -0.25) is 9.69 Å². The largest absolute Gasteiger partial charge is 0.368 e. The normalized spacial score (nSPS) is 28.9. The number of primary amides is 1. The first-order valence-corrected chi connectivity index (χ1v) is 7.27. The minimum absolute atomic E-state index is 0.186. The molecular formula is C14H29N3O. The van der Waals surface area contributed by atoms with Crippen LogP contribution in [-0.2, 0) is 4.79 Å². The van der Waals surface area contributed by atoms with E-state index in [2.05, 4.69) is 31.0 Å². The fourth-order valence-electron chi connectivity index (χ4n) is 3.38. The molecule has 0 spiro atoms. The van der Waals surface area contributed by atoms with Gasteiger partial charge in [0, 0.05) is 12.1 Å². The molecule has 4 heteroatoms. The van der Waals surface area contributed by atoms with E-state index in [4.69, 9.17) is 5.73 Å². The van der Waals surface area contributed by atoms with Crippen LogP contribution in [0.3, 0.4) is 0 Å². The topological polar surface area (TPSA) is 58.4 Å². The SMILES string of the molecule is CCNC1(C(N)=O)CCCC(N(CC)C(C)C)C1. The highest BCUT2D eigenvalue weighted by Crippen LogP contribution is 2.32. The van der Waals surface area contributed by atoms with E-state index in [9.17, 15) is 4.79 Å². The lowest BCUT2D eigenvalue weighted by Gasteiger charge is -2.44. The highest BCUT2D eigenvalue weighted by atomic mass is 16.1. The smallest absolute Gasteiger partial charge is 0.237 e. The molecule has 1 aliphatic rings. The van der Waals surface area contributed by atoms with E-state index in [0.717, 1.165) is 32.4 Å². The predicted molar refractivity (Wildman–Crippen MR) is 75.4 cm³/mol. The zero-order valence-corrected chi connectivity index (χ0v) is 12.3. The van der Waals surface area contributed by atoms with Crippen LogP contribution < -0.4 is 11.1 Å². The van der Waals surface area contributed by atoms with Crippen LogP contribution in [0.5, 0.6) is 0 Å². The number of amides is 1. The van der Waals surface area contributed by atoms with E-state index in [-0.39, 0.29) is 5.91 Å². The first-order valence-electron chi connectivity index (χ1n) is 7.27. The van der Waals surface area contributed by atoms with Crippen molar-refractivity contribution in [2.45, 2.75) is 71.0 Å². The number of hydrogen-bond donors (Lipinski definition) is 2. The Kier molecular flexibility index (Phi) is 5.60. The van der Waals surface area contributed by atoms with E-state index in [1.54, 1.807) is 0 Å². The van der Waals surface area contributed by atoms with Crippen molar-refractivity contribution in [2.75, 3.05) is 13.1 Å². The first kappa shape index (κ1) is 15.4. The average molecular weight is 255 g/mol. The van der Waals surface area contributed by atoms with Crippen molar-refractivity contribution in [2.24, 2.45) is 5.73 Å². The molecule has 4 nitrogen and oxygen atoms in total. The van der Waals surface area contributed by atoms with Gasteiger partial charge in [0.1, 0.15) is 0 Å². The first-order chi connectivity index (χ1) is 8.46. The maximum absolute atomic E-state index is 11.8. The third kappa shape index (κ3) is 3.23. The number of likely N-dealkylation sites (N-methyl/N-ethyl adjacent to an activating group) is 1. The third-order valence-electron chi connectivity index (χ3n) is 4.21. The van der Waals surface area contributed by atoms with Crippen molar-refractivity contribution in [1.29, 1.82) is 0 Å². The molecule has 0 radical (unpaired) electrons. The van der Waals surface area contributed by atoms with Gasteiger partial charge in [0.15, 0.2) is 0 Å². The predicted octanol–water partition coefficient (Wildman–Crippen LogP) is 1.49. The molecule has 2 atom stereocenters. The summed E-state index contributed by atoms with van der Waals surface area (Å²) in [6, 6.07) is 0.987. The van der Waals surface area contributed by atoms with Crippen LogP contribution in [0.4, 0.5) is 0 Å². The van der Waals surface area contributed by atoms with Gasteiger partial charge in [-0.15, -0.1) is 0 Å². The zero-order chi connectivity index (χ0) is 13.8. The summed E-state index contributed by atoms with van der Waals surface area (Å²) >= 11 is 0. The monoisotopic (exact) mass is 255 g/mol. The molecule has 1 aliphatic carbocycles. The van der Waals surface area contributed by atoms with Crippen molar-refractivity contribution in [3.63, 3.8) is 0 Å². The fraction of sp³-hybridized carbons (Fsp3) is 0.929. The lowest BCUT2D eigenvalue weighted by atomic mass is 9.77. The lowest BCUT2D eigenvalue weighted by Crippen LogP contribution is -2.61. The van der Waals surface area contributed by atoms with Crippen molar-refractivity contribution in [3.8, 4) is 0 Å². The Morgan fingerprint density at radius 2 is 2.17 bits per heavy atom. The Labute approximate surface area is 111 Å². The van der Waals surface area contributed by atoms with Crippen molar-refractivity contribution in [1.82, 2.24) is 10.2 Å². The van der Waals surface area contributed by atoms with Gasteiger partial charge in [-0.05, 0) is 52.6 Å². The Hall–Kier alpha value is -0.610. The molecule has 0 aromatic heterocycles. The number of carbonyl (C=O) groups is 1. The van der Waals surface area contributed by atoms with Gasteiger partial charge in [0.2, 0.25) is 5.91 Å². The molecule has 18 heavy (non-hydrogen) atoms. The minimum Gasteiger partial charge on any atom is -0.368 e. The van der Waals surface area contributed by atoms with Crippen LogP contribution in [0.1, 0.15) is 53.4 Å². The summed E-state index contributed by atoms with van der Waals surface area (Å²) in [4.78, 5) is 14.3. The lowest BCUT2D eigenvalue weighted by molar-refractivity contribution is -0.126. The fourth-order valence-corrected chi connectivity index (χ4v) is 3.38. The summed E-state index contributed by atoms with van der Waals surface area (Å²) in [6.45, 7) is 10.5. The number of nitrogens with zero attached hydrogens (tertiary/aromatic N) is 1. The standard InChI is InChI=1S/C14H29N3O/c1-5-16-14(13(15)18)9-7-8-12(10-14)17(6-2)11(3)4/h11-12,16H,5-10H2,1-4H3,(H2,15,18). The van der Waals surface area contributed by atoms with Gasteiger partial charge in [0.05, 0.1) is 5.54 Å². The Morgan fingerprint density at radius 1 is 1.50 bits per heavy atom. The van der Waals surface area contributed by atoms with Crippen LogP contribution in [0.15, 0.2) is 0 Å². The summed E-state index contributed by atoms with van der Waals surface area (Å²) in [5.41, 5.74) is 5.16. The van der Waals surface area contributed by atoms with Crippen molar-refractivity contribution < 1.29 is 4.79 Å². The molecule has 0 bridgehead atoms. The van der Waals surface area contributed by atoms with Gasteiger partial charge in [-0.25, -0.2) is 0 Å². The molecular weight excluding hydrogens is 226 g/mol. The molecule has 1 saturated carbocycles. The molecule has 2 unspecified atom stereocenters. The van der Waals surface area contributed by atoms with Gasteiger partial charge in [0.25, 0.3) is 0 Å². The molecule has 0 aliphatic heterocycles. The minimum atomic E-state index is -0.486. The van der Waals surface area contributed by atoms with Gasteiger partial charge in [-0.1, -0.05) is 13.8 Å². The number of hydrogen-bond acceptors (Lipinski definition) is 3. The van der Waals surface area contributed by atoms with E-state index in [0.29, 0.717) is 12.1 Å². The van der Waals surface area contributed by atoms with E-state index in [1.165, 1.54) is 6.42 Å². The van der Waals surface area contributed by atoms with Crippen LogP contribution >= 0.6 is 0 Å². The van der Waals surface area contributed by atoms with E-state index >= 15 is 0 Å². The third-order valence-corrected chi connectivity index (χ3v) is 4.21. The molecule has 0 aromatic rings. The summed E-state index contributed by atoms with van der Waals surface area (Å²) < 4.78 is 0. The second-order valence-electron chi connectivity index (χ2n) is 5.65. The van der Waals surface area contributed by atoms with E-state index in [1.807, 2.05) is 6.92 Å². The molecule has 1 fully saturated rings. The quantitative estimate of drug-likeness (QED) is 0.756. The summed E-state index contributed by atoms with van der Waals surface area (Å²) in [5, 5.41) is 3.34. The Morgan fingerprint density at radius 3 is 2.61 bits per heavy atom. The molecule has 0 aromatic carbocycles. The number of carbonyl (C=O) groups excluding carboxylic acids is 1. The number of nitrogens with two attached hydrogens (primary N) is 1. The van der Waals surface area contributed by atoms with Crippen LogP contribution in [0, 0.1) is 0 Å². The summed E-state index contributed by atoms with van der Waals surface area (Å²) in [6.07, 6.45) is 3.97. The van der Waals surface area contributed by atoms with Crippen LogP contribution in [-0.4, -0.2) is 41.5 Å². The van der Waals surface area contributed by atoms with E-state index < -0.39 is 5.54 Å². The molecule has 106 valence electrons. The Bertz CT molecular complexity index is 276. The van der Waals surface area contributed by atoms with Gasteiger partial charge < -0.3 is 11.1 Å². The molecule has 0 heterocycles. The molecule has 3 N–H and O–H groups in total. The molecule has 1 amide bonds. The second-order valence-corrected chi connectivity index (χ2v) is 5.65. The number of nitrogens with one attached hydrogen (secondary N) is 1. The number of rotatable bonds is 6. The van der Waals surface area contributed by atoms with Gasteiger partial charge in [-0.2, -0.15) is 0 Å². The zero-order valence-electron chi connectivity index (χ0n) is 12.3. The highest BCUT2D eigenvalue weighted by Gasteiger charge is 2.42. The average Bonchev–Trinajstić information content (AvgIpc) is 2.30. The van der Waals surface area contributed by atoms with Crippen molar-refractivity contribution in [3.05, 3.63) is 0 Å². The Balaban J connectivity index is 2.83. The van der Waals surface area contributed by atoms with Gasteiger partial charge >= 0.3 is 0 Å². The molecule has 0 saturated heterocycles. The second kappa shape index (κ2) is 6.53. The van der Waals surface area contributed by atoms with Crippen LogP contribution in [0.2, 0.25) is 0 Å². The van der Waals surface area contributed by atoms with Crippen LogP contribution in [0.25, 0.3) is 0 Å². The maximum Gasteiger partial charge on any atom is 0.237 e. The summed E-state index contributed by atoms with van der Waals surface area (Å²) in [7, 11) is 0. The molecule has 1 rings (SSSR count). The summed E-state index contributed by atoms with van der Waals surface area (Å²) in [5.74, 6) is -0.186. The highest BCUT2D eigenvalue weighted by molar-refractivity contribution is 5.84.